The quantitative estimate of drug-likeness (QED) is 0.812. The van der Waals surface area contributed by atoms with Crippen LogP contribution in [0.15, 0.2) is 10.5 Å². The summed E-state index contributed by atoms with van der Waals surface area (Å²) >= 11 is 0. The first-order chi connectivity index (χ1) is 7.87. The number of fused-ring (bicyclic) bond motifs is 1. The number of ketones is 1. The van der Waals surface area contributed by atoms with E-state index in [0.717, 1.165) is 12.8 Å². The molecule has 2 rings (SSSR count). The van der Waals surface area contributed by atoms with Crippen molar-refractivity contribution in [3.05, 3.63) is 23.2 Å². The summed E-state index contributed by atoms with van der Waals surface area (Å²) in [5, 5.41) is 2.82. The zero-order valence-corrected chi connectivity index (χ0v) is 10.4. The molecule has 4 nitrogen and oxygen atoms in total. The van der Waals surface area contributed by atoms with Crippen LogP contribution in [0.4, 0.5) is 0 Å². The maximum Gasteiger partial charge on any atom is 0.287 e. The van der Waals surface area contributed by atoms with Gasteiger partial charge < -0.3 is 9.73 Å². The number of amides is 1. The van der Waals surface area contributed by atoms with E-state index in [2.05, 4.69) is 5.32 Å². The van der Waals surface area contributed by atoms with Crippen LogP contribution in [-0.4, -0.2) is 17.2 Å². The van der Waals surface area contributed by atoms with Gasteiger partial charge in [0.2, 0.25) is 0 Å². The number of hydrogen-bond donors (Lipinski definition) is 1. The minimum atomic E-state index is -0.311. The molecule has 1 N–H and O–H groups in total. The lowest BCUT2D eigenvalue weighted by Crippen LogP contribution is -2.40. The SMILES string of the molecule is CC(C)(C)NC(=O)c1cc2c(o1)CCCC2=O. The molecule has 0 spiro atoms. The van der Waals surface area contributed by atoms with E-state index in [0.29, 0.717) is 17.7 Å². The minimum Gasteiger partial charge on any atom is -0.455 e. The number of hydrogen-bond acceptors (Lipinski definition) is 3. The molecule has 0 saturated carbocycles. The molecule has 1 aromatic heterocycles. The number of nitrogens with one attached hydrogen (secondary N) is 1. The Morgan fingerprint density at radius 3 is 2.65 bits per heavy atom. The highest BCUT2D eigenvalue weighted by atomic mass is 16.4. The standard InChI is InChI=1S/C13H17NO3/c1-13(2,3)14-12(16)11-7-8-9(15)5-4-6-10(8)17-11/h7H,4-6H2,1-3H3,(H,14,16). The third-order valence-corrected chi connectivity index (χ3v) is 2.63. The average Bonchev–Trinajstić information content (AvgIpc) is 2.60. The second kappa shape index (κ2) is 4.02. The molecule has 0 radical (unpaired) electrons. The van der Waals surface area contributed by atoms with Crippen LogP contribution in [0.5, 0.6) is 0 Å². The molecule has 0 aromatic carbocycles. The Labute approximate surface area is 100 Å². The third-order valence-electron chi connectivity index (χ3n) is 2.63. The van der Waals surface area contributed by atoms with Crippen LogP contribution in [0.25, 0.3) is 0 Å². The molecule has 0 atom stereocenters. The van der Waals surface area contributed by atoms with E-state index >= 15 is 0 Å². The molecular weight excluding hydrogens is 218 g/mol. The van der Waals surface area contributed by atoms with Crippen molar-refractivity contribution < 1.29 is 14.0 Å². The van der Waals surface area contributed by atoms with Gasteiger partial charge in [0.05, 0.1) is 5.56 Å². The van der Waals surface area contributed by atoms with Gasteiger partial charge in [-0.2, -0.15) is 0 Å². The average molecular weight is 235 g/mol. The summed E-state index contributed by atoms with van der Waals surface area (Å²) in [4.78, 5) is 23.5. The maximum atomic E-state index is 11.9. The maximum absolute atomic E-state index is 11.9. The Bertz CT molecular complexity index is 465. The number of rotatable bonds is 1. The van der Waals surface area contributed by atoms with Crippen molar-refractivity contribution >= 4 is 11.7 Å². The second-order valence-corrected chi connectivity index (χ2v) is 5.43. The largest absolute Gasteiger partial charge is 0.455 e. The molecule has 0 saturated heterocycles. The Morgan fingerprint density at radius 1 is 1.35 bits per heavy atom. The van der Waals surface area contributed by atoms with E-state index in [1.165, 1.54) is 0 Å². The predicted molar refractivity (Wildman–Crippen MR) is 63.2 cm³/mol. The summed E-state index contributed by atoms with van der Waals surface area (Å²) in [5.74, 6) is 0.699. The molecule has 0 fully saturated rings. The van der Waals surface area contributed by atoms with E-state index < -0.39 is 0 Å². The Balaban J connectivity index is 2.23. The van der Waals surface area contributed by atoms with Crippen LogP contribution in [0.3, 0.4) is 0 Å². The van der Waals surface area contributed by atoms with Crippen molar-refractivity contribution in [3.63, 3.8) is 0 Å². The van der Waals surface area contributed by atoms with Crippen LogP contribution in [-0.2, 0) is 6.42 Å². The van der Waals surface area contributed by atoms with Gasteiger partial charge in [-0.05, 0) is 27.2 Å². The summed E-state index contributed by atoms with van der Waals surface area (Å²) in [7, 11) is 0. The van der Waals surface area contributed by atoms with Gasteiger partial charge in [0.25, 0.3) is 5.91 Å². The molecular formula is C13H17NO3. The number of carbonyl (C=O) groups excluding carboxylic acids is 2. The van der Waals surface area contributed by atoms with Gasteiger partial charge in [-0.1, -0.05) is 0 Å². The van der Waals surface area contributed by atoms with Crippen LogP contribution in [0.1, 0.15) is 60.3 Å². The van der Waals surface area contributed by atoms with Crippen LogP contribution < -0.4 is 5.32 Å². The van der Waals surface area contributed by atoms with Crippen LogP contribution >= 0.6 is 0 Å². The van der Waals surface area contributed by atoms with Crippen molar-refractivity contribution in [2.75, 3.05) is 0 Å². The first kappa shape index (κ1) is 11.9. The van der Waals surface area contributed by atoms with E-state index in [-0.39, 0.29) is 23.0 Å². The Hall–Kier alpha value is -1.58. The number of carbonyl (C=O) groups is 2. The Kier molecular flexibility index (Phi) is 2.81. The number of furan rings is 1. The number of aryl methyl sites for hydroxylation is 1. The van der Waals surface area contributed by atoms with Crippen molar-refractivity contribution in [1.29, 1.82) is 0 Å². The van der Waals surface area contributed by atoms with Crippen LogP contribution in [0.2, 0.25) is 0 Å². The predicted octanol–water partition coefficient (Wildman–Crippen LogP) is 2.33. The van der Waals surface area contributed by atoms with Gasteiger partial charge in [-0.15, -0.1) is 0 Å². The summed E-state index contributed by atoms with van der Waals surface area (Å²) in [6.45, 7) is 5.71. The van der Waals surface area contributed by atoms with E-state index in [1.54, 1.807) is 6.07 Å². The van der Waals surface area contributed by atoms with E-state index in [1.807, 2.05) is 20.8 Å². The summed E-state index contributed by atoms with van der Waals surface area (Å²) < 4.78 is 5.45. The van der Waals surface area contributed by atoms with E-state index in [9.17, 15) is 9.59 Å². The molecule has 1 amide bonds. The highest BCUT2D eigenvalue weighted by Crippen LogP contribution is 2.24. The van der Waals surface area contributed by atoms with Crippen LogP contribution in [0, 0.1) is 0 Å². The molecule has 1 aromatic rings. The number of Topliss-reactive ketones (excluding diaryl/α,β-unsaturated/α-hetero) is 1. The highest BCUT2D eigenvalue weighted by Gasteiger charge is 2.25. The van der Waals surface area contributed by atoms with E-state index in [4.69, 9.17) is 4.42 Å². The van der Waals surface area contributed by atoms with Gasteiger partial charge in [-0.3, -0.25) is 9.59 Å². The molecule has 17 heavy (non-hydrogen) atoms. The molecule has 0 unspecified atom stereocenters. The first-order valence-electron chi connectivity index (χ1n) is 5.85. The molecule has 4 heteroatoms. The lowest BCUT2D eigenvalue weighted by atomic mass is 9.97. The minimum absolute atomic E-state index is 0.0739. The van der Waals surface area contributed by atoms with Crippen molar-refractivity contribution in [1.82, 2.24) is 5.32 Å². The van der Waals surface area contributed by atoms with Gasteiger partial charge >= 0.3 is 0 Å². The van der Waals surface area contributed by atoms with Crippen molar-refractivity contribution in [2.24, 2.45) is 0 Å². The Morgan fingerprint density at radius 2 is 2.06 bits per heavy atom. The molecule has 1 aliphatic rings. The molecule has 1 aliphatic carbocycles. The second-order valence-electron chi connectivity index (χ2n) is 5.43. The van der Waals surface area contributed by atoms with Gasteiger partial charge in [0.1, 0.15) is 5.76 Å². The topological polar surface area (TPSA) is 59.3 Å². The smallest absolute Gasteiger partial charge is 0.287 e. The van der Waals surface area contributed by atoms with Gasteiger partial charge in [0.15, 0.2) is 11.5 Å². The normalized spacial score (nSPS) is 15.6. The zero-order valence-electron chi connectivity index (χ0n) is 10.4. The summed E-state index contributed by atoms with van der Waals surface area (Å²) in [6, 6.07) is 1.57. The highest BCUT2D eigenvalue weighted by molar-refractivity contribution is 6.01. The lowest BCUT2D eigenvalue weighted by molar-refractivity contribution is 0.0886. The monoisotopic (exact) mass is 235 g/mol. The van der Waals surface area contributed by atoms with Crippen molar-refractivity contribution in [2.45, 2.75) is 45.6 Å². The summed E-state index contributed by atoms with van der Waals surface area (Å²) in [5.41, 5.74) is 0.268. The van der Waals surface area contributed by atoms with Gasteiger partial charge in [0, 0.05) is 24.4 Å². The summed E-state index contributed by atoms with van der Waals surface area (Å²) in [6.07, 6.45) is 2.09. The third kappa shape index (κ3) is 2.57. The fraction of sp³-hybridized carbons (Fsp3) is 0.538. The van der Waals surface area contributed by atoms with Gasteiger partial charge in [-0.25, -0.2) is 0 Å². The first-order valence-corrected chi connectivity index (χ1v) is 5.85. The molecule has 92 valence electrons. The zero-order chi connectivity index (χ0) is 12.6. The molecule has 0 bridgehead atoms. The fourth-order valence-corrected chi connectivity index (χ4v) is 1.91. The molecule has 1 heterocycles. The molecule has 0 aliphatic heterocycles. The lowest BCUT2D eigenvalue weighted by Gasteiger charge is -2.19. The fourth-order valence-electron chi connectivity index (χ4n) is 1.91. The van der Waals surface area contributed by atoms with Crippen molar-refractivity contribution in [3.8, 4) is 0 Å².